The molecule has 3 N–H and O–H groups in total. The van der Waals surface area contributed by atoms with Crippen LogP contribution in [0.25, 0.3) is 11.3 Å². The molecule has 34 heavy (non-hydrogen) atoms. The van der Waals surface area contributed by atoms with Gasteiger partial charge in [-0.1, -0.05) is 17.3 Å². The van der Waals surface area contributed by atoms with Crippen molar-refractivity contribution in [3.05, 3.63) is 89.8 Å². The van der Waals surface area contributed by atoms with Gasteiger partial charge in [0.05, 0.1) is 18.1 Å². The fourth-order valence-electron chi connectivity index (χ4n) is 3.16. The van der Waals surface area contributed by atoms with Crippen LogP contribution in [0.2, 0.25) is 0 Å². The summed E-state index contributed by atoms with van der Waals surface area (Å²) < 4.78 is 40.8. The first-order chi connectivity index (χ1) is 16.3. The number of phosphoric ester groups is 1. The Hall–Kier alpha value is -3.63. The van der Waals surface area contributed by atoms with Gasteiger partial charge in [-0.2, -0.15) is 0 Å². The second-order valence-corrected chi connectivity index (χ2v) is 8.50. The molecule has 0 saturated heterocycles. The lowest BCUT2D eigenvalue weighted by molar-refractivity contribution is -0.712. The summed E-state index contributed by atoms with van der Waals surface area (Å²) >= 11 is 0. The van der Waals surface area contributed by atoms with Crippen molar-refractivity contribution in [3.8, 4) is 17.1 Å². The van der Waals surface area contributed by atoms with E-state index in [4.69, 9.17) is 19.9 Å². The zero-order valence-electron chi connectivity index (χ0n) is 17.7. The van der Waals surface area contributed by atoms with E-state index in [2.05, 4.69) is 14.7 Å². The van der Waals surface area contributed by atoms with Crippen molar-refractivity contribution in [2.75, 3.05) is 5.73 Å². The van der Waals surface area contributed by atoms with Crippen LogP contribution >= 0.6 is 7.82 Å². The lowest BCUT2D eigenvalue weighted by Crippen LogP contribution is -2.38. The second-order valence-electron chi connectivity index (χ2n) is 7.31. The smallest absolute Gasteiger partial charge is 0.285 e. The Kier molecular flexibility index (Phi) is 6.99. The summed E-state index contributed by atoms with van der Waals surface area (Å²) in [5.41, 5.74) is 8.81. The van der Waals surface area contributed by atoms with Crippen LogP contribution in [-0.2, 0) is 28.8 Å². The van der Waals surface area contributed by atoms with Crippen molar-refractivity contribution in [2.24, 2.45) is 0 Å². The minimum atomic E-state index is -4.89. The van der Waals surface area contributed by atoms with E-state index in [1.165, 1.54) is 16.8 Å². The number of ether oxygens (including phenoxy) is 1. The number of anilines is 1. The number of pyridine rings is 2. The minimum Gasteiger partial charge on any atom is -0.756 e. The Morgan fingerprint density at radius 1 is 1.18 bits per heavy atom. The van der Waals surface area contributed by atoms with Gasteiger partial charge in [-0.05, 0) is 35.9 Å². The minimum absolute atomic E-state index is 0.175. The number of halogens is 1. The fourth-order valence-corrected chi connectivity index (χ4v) is 3.43. The molecule has 1 unspecified atom stereocenters. The lowest BCUT2D eigenvalue weighted by Gasteiger charge is -2.14. The van der Waals surface area contributed by atoms with Crippen LogP contribution in [0.4, 0.5) is 10.2 Å². The highest BCUT2D eigenvalue weighted by Gasteiger charge is 2.18. The van der Waals surface area contributed by atoms with Crippen molar-refractivity contribution in [1.82, 2.24) is 10.1 Å². The van der Waals surface area contributed by atoms with Gasteiger partial charge in [0.2, 0.25) is 0 Å². The number of hydrogen-bond donors (Lipinski definition) is 2. The average Bonchev–Trinajstić information content (AvgIpc) is 3.25. The van der Waals surface area contributed by atoms with Gasteiger partial charge in [0.25, 0.3) is 13.6 Å². The van der Waals surface area contributed by atoms with Gasteiger partial charge in [-0.3, -0.25) is 19.8 Å². The van der Waals surface area contributed by atoms with E-state index in [1.807, 2.05) is 12.1 Å². The van der Waals surface area contributed by atoms with E-state index < -0.39 is 20.4 Å². The van der Waals surface area contributed by atoms with Crippen LogP contribution in [0.1, 0.15) is 16.8 Å². The first-order valence-electron chi connectivity index (χ1n) is 10.0. The van der Waals surface area contributed by atoms with E-state index >= 15 is 0 Å². The highest BCUT2D eigenvalue weighted by Crippen LogP contribution is 2.30. The van der Waals surface area contributed by atoms with E-state index in [0.29, 0.717) is 34.8 Å². The molecule has 3 heterocycles. The van der Waals surface area contributed by atoms with Gasteiger partial charge < -0.3 is 19.0 Å². The quantitative estimate of drug-likeness (QED) is 0.269. The highest BCUT2D eigenvalue weighted by atomic mass is 31.2. The SMILES string of the molecule is Nc1c(-c2cc(Cc3ccc(OCc4cncc(F)c4)cc3)no2)ccc[n+]1COP(=O)([O-])O. The van der Waals surface area contributed by atoms with Gasteiger partial charge in [-0.15, -0.1) is 0 Å². The molecule has 0 aliphatic rings. The molecule has 0 radical (unpaired) electrons. The van der Waals surface area contributed by atoms with Crippen LogP contribution in [-0.4, -0.2) is 15.0 Å². The largest absolute Gasteiger partial charge is 0.756 e. The Balaban J connectivity index is 1.40. The molecule has 0 amide bonds. The molecular weight excluding hydrogens is 466 g/mol. The number of hydrogen-bond acceptors (Lipinski definition) is 8. The maximum absolute atomic E-state index is 13.2. The van der Waals surface area contributed by atoms with Crippen molar-refractivity contribution >= 4 is 13.6 Å². The molecule has 12 heteroatoms. The van der Waals surface area contributed by atoms with E-state index in [0.717, 1.165) is 11.8 Å². The van der Waals surface area contributed by atoms with E-state index in [9.17, 15) is 13.8 Å². The standard InChI is InChI=1S/C22H20FN4O6P/c23-17-8-16(11-25-12-17)13-31-19-5-3-15(4-6-19)9-18-10-21(33-26-18)20-2-1-7-27(22(20)24)14-32-34(28,29)30/h1-8,10-12,24H,9,13-14H2,(H2,28,29,30). The van der Waals surface area contributed by atoms with Crippen molar-refractivity contribution < 1.29 is 37.1 Å². The zero-order valence-corrected chi connectivity index (χ0v) is 18.6. The van der Waals surface area contributed by atoms with Crippen molar-refractivity contribution in [3.63, 3.8) is 0 Å². The summed E-state index contributed by atoms with van der Waals surface area (Å²) in [6.07, 6.45) is 4.66. The van der Waals surface area contributed by atoms with Crippen LogP contribution < -0.4 is 19.9 Å². The van der Waals surface area contributed by atoms with Crippen molar-refractivity contribution in [1.29, 1.82) is 0 Å². The van der Waals surface area contributed by atoms with Crippen molar-refractivity contribution in [2.45, 2.75) is 19.8 Å². The third-order valence-electron chi connectivity index (χ3n) is 4.77. The van der Waals surface area contributed by atoms with Gasteiger partial charge in [0.15, 0.2) is 12.5 Å². The Morgan fingerprint density at radius 2 is 1.97 bits per heavy atom. The topological polar surface area (TPSA) is 148 Å². The molecule has 176 valence electrons. The molecule has 0 bridgehead atoms. The maximum Gasteiger partial charge on any atom is 0.285 e. The first kappa shape index (κ1) is 23.5. The number of nitrogens with zero attached hydrogens (tertiary/aromatic N) is 3. The van der Waals surface area contributed by atoms with E-state index in [1.54, 1.807) is 36.5 Å². The molecule has 1 aromatic carbocycles. The van der Waals surface area contributed by atoms with Crippen LogP contribution in [0, 0.1) is 5.82 Å². The summed E-state index contributed by atoms with van der Waals surface area (Å²) in [5.74, 6) is 0.777. The number of phosphoric acid groups is 1. The molecule has 0 fully saturated rings. The summed E-state index contributed by atoms with van der Waals surface area (Å²) in [5, 5.41) is 4.07. The monoisotopic (exact) mass is 486 g/mol. The Labute approximate surface area is 193 Å². The number of aromatic nitrogens is 3. The number of nitrogen functional groups attached to an aromatic ring is 1. The van der Waals surface area contributed by atoms with Crippen LogP contribution in [0.3, 0.4) is 0 Å². The van der Waals surface area contributed by atoms with Gasteiger partial charge in [0, 0.05) is 24.2 Å². The Morgan fingerprint density at radius 3 is 2.71 bits per heavy atom. The lowest BCUT2D eigenvalue weighted by atomic mass is 10.1. The molecular formula is C22H20FN4O6P. The van der Waals surface area contributed by atoms with Crippen LogP contribution in [0.15, 0.2) is 71.6 Å². The molecule has 4 rings (SSSR count). The molecule has 3 aromatic heterocycles. The number of benzene rings is 1. The molecule has 4 aromatic rings. The molecule has 10 nitrogen and oxygen atoms in total. The summed E-state index contributed by atoms with van der Waals surface area (Å²) in [6, 6.07) is 13.8. The highest BCUT2D eigenvalue weighted by molar-refractivity contribution is 7.44. The third-order valence-corrected chi connectivity index (χ3v) is 5.22. The maximum atomic E-state index is 13.2. The summed E-state index contributed by atoms with van der Waals surface area (Å²) in [7, 11) is -4.89. The van der Waals surface area contributed by atoms with Gasteiger partial charge in [0.1, 0.15) is 23.7 Å². The normalized spacial score (nSPS) is 12.9. The molecule has 0 spiro atoms. The Bertz CT molecular complexity index is 1330. The fraction of sp³-hybridized carbons (Fsp3) is 0.136. The second kappa shape index (κ2) is 10.1. The zero-order chi connectivity index (χ0) is 24.1. The van der Waals surface area contributed by atoms with E-state index in [-0.39, 0.29) is 12.4 Å². The predicted molar refractivity (Wildman–Crippen MR) is 115 cm³/mol. The predicted octanol–water partition coefficient (Wildman–Crippen LogP) is 2.35. The van der Waals surface area contributed by atoms with Crippen LogP contribution in [0.5, 0.6) is 5.75 Å². The summed E-state index contributed by atoms with van der Waals surface area (Å²) in [4.78, 5) is 23.4. The molecule has 1 atom stereocenters. The van der Waals surface area contributed by atoms with Gasteiger partial charge in [-0.25, -0.2) is 8.96 Å². The molecule has 0 saturated carbocycles. The molecule has 0 aliphatic heterocycles. The number of nitrogens with two attached hydrogens (primary N) is 1. The molecule has 0 aliphatic carbocycles. The number of rotatable bonds is 9. The average molecular weight is 486 g/mol. The summed E-state index contributed by atoms with van der Waals surface area (Å²) in [6.45, 7) is -0.285. The van der Waals surface area contributed by atoms with Gasteiger partial charge >= 0.3 is 0 Å². The third kappa shape index (κ3) is 6.24. The first-order valence-corrected chi connectivity index (χ1v) is 11.5.